The van der Waals surface area contributed by atoms with E-state index in [9.17, 15) is 4.39 Å². The zero-order valence-electron chi connectivity index (χ0n) is 11.7. The Labute approximate surface area is 111 Å². The van der Waals surface area contributed by atoms with Crippen LogP contribution in [-0.2, 0) is 7.05 Å². The lowest BCUT2D eigenvalue weighted by Gasteiger charge is -2.09. The van der Waals surface area contributed by atoms with Crippen molar-refractivity contribution in [2.75, 3.05) is 11.9 Å². The third-order valence-electron chi connectivity index (χ3n) is 2.81. The molecular formula is C13H18FN5. The summed E-state index contributed by atoms with van der Waals surface area (Å²) in [6, 6.07) is 0. The lowest BCUT2D eigenvalue weighted by molar-refractivity contribution is 0.605. The van der Waals surface area contributed by atoms with Crippen LogP contribution in [0.4, 0.5) is 10.2 Å². The first-order chi connectivity index (χ1) is 9.02. The van der Waals surface area contributed by atoms with E-state index in [-0.39, 0.29) is 5.82 Å². The number of anilines is 1. The van der Waals surface area contributed by atoms with Crippen LogP contribution >= 0.6 is 0 Å². The molecule has 1 N–H and O–H groups in total. The van der Waals surface area contributed by atoms with E-state index < -0.39 is 5.82 Å². The minimum absolute atomic E-state index is 0.257. The summed E-state index contributed by atoms with van der Waals surface area (Å²) in [4.78, 5) is 8.47. The van der Waals surface area contributed by atoms with Crippen LogP contribution in [0.2, 0.25) is 0 Å². The number of nitrogens with one attached hydrogen (secondary N) is 1. The minimum atomic E-state index is -0.390. The number of hydrogen-bond donors (Lipinski definition) is 1. The smallest absolute Gasteiger partial charge is 0.186 e. The van der Waals surface area contributed by atoms with Gasteiger partial charge in [0.2, 0.25) is 0 Å². The molecule has 0 unspecified atom stereocenters. The first-order valence-electron chi connectivity index (χ1n) is 6.31. The molecule has 2 rings (SSSR count). The Balaban J connectivity index is 2.47. The molecule has 0 spiro atoms. The second-order valence-corrected chi connectivity index (χ2v) is 4.52. The monoisotopic (exact) mass is 263 g/mol. The molecule has 0 saturated carbocycles. The van der Waals surface area contributed by atoms with Crippen molar-refractivity contribution in [2.24, 2.45) is 7.05 Å². The van der Waals surface area contributed by atoms with Gasteiger partial charge < -0.3 is 5.32 Å². The van der Waals surface area contributed by atoms with Gasteiger partial charge in [0.25, 0.3) is 0 Å². The summed E-state index contributed by atoms with van der Waals surface area (Å²) < 4.78 is 15.6. The van der Waals surface area contributed by atoms with Crippen LogP contribution in [0.1, 0.15) is 24.7 Å². The van der Waals surface area contributed by atoms with E-state index >= 15 is 0 Å². The van der Waals surface area contributed by atoms with Gasteiger partial charge >= 0.3 is 0 Å². The quantitative estimate of drug-likeness (QED) is 0.920. The Morgan fingerprint density at radius 1 is 1.26 bits per heavy atom. The maximum atomic E-state index is 13.9. The fourth-order valence-electron chi connectivity index (χ4n) is 1.86. The van der Waals surface area contributed by atoms with Gasteiger partial charge in [0.05, 0.1) is 17.0 Å². The van der Waals surface area contributed by atoms with Crippen molar-refractivity contribution in [3.63, 3.8) is 0 Å². The molecule has 0 aliphatic rings. The number of rotatable bonds is 4. The predicted molar refractivity (Wildman–Crippen MR) is 72.4 cm³/mol. The fraction of sp³-hybridized carbons (Fsp3) is 0.462. The third kappa shape index (κ3) is 2.72. The molecule has 0 saturated heterocycles. The summed E-state index contributed by atoms with van der Waals surface area (Å²) >= 11 is 0. The van der Waals surface area contributed by atoms with Crippen LogP contribution in [0.15, 0.2) is 6.20 Å². The molecule has 0 bridgehead atoms. The molecular weight excluding hydrogens is 245 g/mol. The number of aromatic nitrogens is 4. The minimum Gasteiger partial charge on any atom is -0.368 e. The van der Waals surface area contributed by atoms with Gasteiger partial charge in [-0.25, -0.2) is 14.4 Å². The van der Waals surface area contributed by atoms with Crippen molar-refractivity contribution in [3.8, 4) is 11.4 Å². The van der Waals surface area contributed by atoms with Gasteiger partial charge in [-0.2, -0.15) is 5.10 Å². The summed E-state index contributed by atoms with van der Waals surface area (Å²) in [5.74, 6) is 0.370. The van der Waals surface area contributed by atoms with Crippen molar-refractivity contribution in [1.29, 1.82) is 0 Å². The molecule has 0 radical (unpaired) electrons. The maximum absolute atomic E-state index is 13.9. The molecule has 2 heterocycles. The van der Waals surface area contributed by atoms with Crippen molar-refractivity contribution in [1.82, 2.24) is 19.7 Å². The number of aryl methyl sites for hydroxylation is 3. The number of halogens is 1. The summed E-state index contributed by atoms with van der Waals surface area (Å²) in [5, 5.41) is 7.24. The average molecular weight is 263 g/mol. The van der Waals surface area contributed by atoms with E-state index in [0.29, 0.717) is 18.1 Å². The summed E-state index contributed by atoms with van der Waals surface area (Å²) in [6.45, 7) is 6.23. The van der Waals surface area contributed by atoms with Gasteiger partial charge in [-0.05, 0) is 20.3 Å². The topological polar surface area (TPSA) is 55.6 Å². The lowest BCUT2D eigenvalue weighted by atomic mass is 10.2. The molecule has 6 heteroatoms. The van der Waals surface area contributed by atoms with Crippen molar-refractivity contribution < 1.29 is 4.39 Å². The summed E-state index contributed by atoms with van der Waals surface area (Å²) in [6.07, 6.45) is 2.75. The maximum Gasteiger partial charge on any atom is 0.186 e. The van der Waals surface area contributed by atoms with Crippen LogP contribution in [0, 0.1) is 19.7 Å². The van der Waals surface area contributed by atoms with Gasteiger partial charge in [0, 0.05) is 19.8 Å². The number of hydrogen-bond acceptors (Lipinski definition) is 4. The average Bonchev–Trinajstić information content (AvgIpc) is 2.70. The first-order valence-corrected chi connectivity index (χ1v) is 6.31. The van der Waals surface area contributed by atoms with Gasteiger partial charge in [-0.1, -0.05) is 6.92 Å². The Kier molecular flexibility index (Phi) is 3.78. The highest BCUT2D eigenvalue weighted by Gasteiger charge is 2.15. The van der Waals surface area contributed by atoms with E-state index in [2.05, 4.69) is 20.4 Å². The second-order valence-electron chi connectivity index (χ2n) is 4.52. The Morgan fingerprint density at radius 2 is 2.00 bits per heavy atom. The van der Waals surface area contributed by atoms with Gasteiger partial charge in [0.1, 0.15) is 0 Å². The van der Waals surface area contributed by atoms with E-state index in [4.69, 9.17) is 0 Å². The third-order valence-corrected chi connectivity index (χ3v) is 2.81. The Hall–Kier alpha value is -1.98. The van der Waals surface area contributed by atoms with Gasteiger partial charge in [-0.3, -0.25) is 4.68 Å². The van der Waals surface area contributed by atoms with Gasteiger partial charge in [0.15, 0.2) is 17.5 Å². The van der Waals surface area contributed by atoms with E-state index in [1.807, 2.05) is 27.1 Å². The van der Waals surface area contributed by atoms with E-state index in [1.165, 1.54) is 0 Å². The van der Waals surface area contributed by atoms with Crippen LogP contribution in [0.3, 0.4) is 0 Å². The van der Waals surface area contributed by atoms with Crippen LogP contribution in [-0.4, -0.2) is 26.3 Å². The van der Waals surface area contributed by atoms with Crippen LogP contribution in [0.5, 0.6) is 0 Å². The zero-order chi connectivity index (χ0) is 14.0. The van der Waals surface area contributed by atoms with Crippen LogP contribution in [0.25, 0.3) is 11.4 Å². The largest absolute Gasteiger partial charge is 0.368 e. The highest BCUT2D eigenvalue weighted by Crippen LogP contribution is 2.23. The van der Waals surface area contributed by atoms with E-state index in [1.54, 1.807) is 11.6 Å². The molecule has 0 aromatic carbocycles. The fourth-order valence-corrected chi connectivity index (χ4v) is 1.86. The molecule has 2 aromatic rings. The summed E-state index contributed by atoms with van der Waals surface area (Å²) in [7, 11) is 1.84. The van der Waals surface area contributed by atoms with Gasteiger partial charge in [-0.15, -0.1) is 0 Å². The van der Waals surface area contributed by atoms with Crippen molar-refractivity contribution >= 4 is 5.82 Å². The van der Waals surface area contributed by atoms with E-state index in [0.717, 1.165) is 17.7 Å². The Morgan fingerprint density at radius 3 is 2.58 bits per heavy atom. The zero-order valence-corrected chi connectivity index (χ0v) is 11.7. The molecule has 0 atom stereocenters. The summed E-state index contributed by atoms with van der Waals surface area (Å²) in [5.41, 5.74) is 1.99. The SMILES string of the molecule is CCCNc1nc(-c2cn(C)nc2C)nc(C)c1F. The Bertz CT molecular complexity index is 591. The molecule has 0 amide bonds. The molecule has 0 aliphatic heterocycles. The van der Waals surface area contributed by atoms with Crippen molar-refractivity contribution in [3.05, 3.63) is 23.4 Å². The van der Waals surface area contributed by atoms with Crippen molar-refractivity contribution in [2.45, 2.75) is 27.2 Å². The molecule has 2 aromatic heterocycles. The highest BCUT2D eigenvalue weighted by atomic mass is 19.1. The van der Waals surface area contributed by atoms with Crippen LogP contribution < -0.4 is 5.32 Å². The molecule has 0 aliphatic carbocycles. The standard InChI is InChI=1S/C13H18FN5/c1-5-6-15-13-11(14)9(3)16-12(17-13)10-7-19(4)18-8(10)2/h7H,5-6H2,1-4H3,(H,15,16,17). The molecule has 102 valence electrons. The number of nitrogens with zero attached hydrogens (tertiary/aromatic N) is 4. The molecule has 19 heavy (non-hydrogen) atoms. The highest BCUT2D eigenvalue weighted by molar-refractivity contribution is 5.59. The molecule has 5 nitrogen and oxygen atoms in total. The second kappa shape index (κ2) is 5.34. The normalized spacial score (nSPS) is 10.8. The lowest BCUT2D eigenvalue weighted by Crippen LogP contribution is -2.08. The molecule has 0 fully saturated rings. The predicted octanol–water partition coefficient (Wildman–Crippen LogP) is 2.45. The first kappa shape index (κ1) is 13.5.